The zero-order valence-electron chi connectivity index (χ0n) is 11.2. The summed E-state index contributed by atoms with van der Waals surface area (Å²) in [6.45, 7) is 0. The van der Waals surface area contributed by atoms with Gasteiger partial charge in [-0.1, -0.05) is 30.3 Å². The van der Waals surface area contributed by atoms with Crippen molar-refractivity contribution in [3.05, 3.63) is 54.1 Å². The molecule has 0 bridgehead atoms. The predicted octanol–water partition coefficient (Wildman–Crippen LogP) is 4.20. The molecule has 2 nitrogen and oxygen atoms in total. The van der Waals surface area contributed by atoms with Gasteiger partial charge in [0.05, 0.1) is 0 Å². The second kappa shape index (κ2) is 4.77. The summed E-state index contributed by atoms with van der Waals surface area (Å²) in [7, 11) is 0. The lowest BCUT2D eigenvalue weighted by Crippen LogP contribution is -2.18. The van der Waals surface area contributed by atoms with E-state index in [0.717, 1.165) is 24.0 Å². The van der Waals surface area contributed by atoms with Crippen LogP contribution in [0.2, 0.25) is 0 Å². The molecule has 2 N–H and O–H groups in total. The summed E-state index contributed by atoms with van der Waals surface area (Å²) >= 11 is 0. The smallest absolute Gasteiger partial charge is 0.406 e. The Morgan fingerprint density at radius 1 is 0.952 bits per heavy atom. The Hall–Kier alpha value is -2.01. The van der Waals surface area contributed by atoms with Gasteiger partial charge in [-0.2, -0.15) is 0 Å². The Bertz CT molecular complexity index is 663. The molecule has 3 rings (SSSR count). The molecule has 0 spiro atoms. The molecule has 0 unspecified atom stereocenters. The van der Waals surface area contributed by atoms with Gasteiger partial charge in [0.1, 0.15) is 5.75 Å². The minimum Gasteiger partial charge on any atom is -0.406 e. The Labute approximate surface area is 120 Å². The van der Waals surface area contributed by atoms with Gasteiger partial charge in [-0.3, -0.25) is 0 Å². The molecule has 1 aliphatic carbocycles. The summed E-state index contributed by atoms with van der Waals surface area (Å²) in [4.78, 5) is 0. The normalized spacial score (nSPS) is 16.6. The number of ether oxygens (including phenoxy) is 1. The SMILES string of the molecule is NC1(c2cccc(-c3cccc(OC(F)(F)F)c3)c2)CC1. The van der Waals surface area contributed by atoms with Crippen LogP contribution in [0.5, 0.6) is 5.75 Å². The maximum absolute atomic E-state index is 12.3. The molecular formula is C16H14F3NO. The van der Waals surface area contributed by atoms with E-state index in [1.807, 2.05) is 24.3 Å². The van der Waals surface area contributed by atoms with Crippen LogP contribution in [-0.4, -0.2) is 6.36 Å². The Kier molecular flexibility index (Phi) is 3.17. The van der Waals surface area contributed by atoms with Crippen molar-refractivity contribution in [2.24, 2.45) is 5.73 Å². The molecule has 0 saturated heterocycles. The van der Waals surface area contributed by atoms with Gasteiger partial charge < -0.3 is 10.5 Å². The fraction of sp³-hybridized carbons (Fsp3) is 0.250. The largest absolute Gasteiger partial charge is 0.573 e. The van der Waals surface area contributed by atoms with E-state index < -0.39 is 6.36 Å². The first-order chi connectivity index (χ1) is 9.86. The first-order valence-corrected chi connectivity index (χ1v) is 6.61. The topological polar surface area (TPSA) is 35.2 Å². The average molecular weight is 293 g/mol. The van der Waals surface area contributed by atoms with Crippen LogP contribution in [-0.2, 0) is 5.54 Å². The second-order valence-corrected chi connectivity index (χ2v) is 5.31. The lowest BCUT2D eigenvalue weighted by molar-refractivity contribution is -0.274. The maximum Gasteiger partial charge on any atom is 0.573 e. The van der Waals surface area contributed by atoms with Gasteiger partial charge in [0.15, 0.2) is 0 Å². The van der Waals surface area contributed by atoms with E-state index >= 15 is 0 Å². The fourth-order valence-corrected chi connectivity index (χ4v) is 2.30. The molecule has 0 aliphatic heterocycles. The molecule has 0 radical (unpaired) electrons. The summed E-state index contributed by atoms with van der Waals surface area (Å²) in [5.41, 5.74) is 8.40. The van der Waals surface area contributed by atoms with Gasteiger partial charge in [-0.05, 0) is 47.7 Å². The third-order valence-electron chi connectivity index (χ3n) is 3.63. The quantitative estimate of drug-likeness (QED) is 0.920. The highest BCUT2D eigenvalue weighted by Gasteiger charge is 2.39. The lowest BCUT2D eigenvalue weighted by Gasteiger charge is -2.13. The van der Waals surface area contributed by atoms with Gasteiger partial charge in [-0.15, -0.1) is 13.2 Å². The fourth-order valence-electron chi connectivity index (χ4n) is 2.30. The van der Waals surface area contributed by atoms with E-state index in [4.69, 9.17) is 5.73 Å². The van der Waals surface area contributed by atoms with Gasteiger partial charge in [0, 0.05) is 5.54 Å². The number of benzene rings is 2. The van der Waals surface area contributed by atoms with Crippen LogP contribution in [0.1, 0.15) is 18.4 Å². The number of alkyl halides is 3. The monoisotopic (exact) mass is 293 g/mol. The van der Waals surface area contributed by atoms with E-state index in [-0.39, 0.29) is 11.3 Å². The van der Waals surface area contributed by atoms with Crippen molar-refractivity contribution in [2.75, 3.05) is 0 Å². The number of hydrogen-bond donors (Lipinski definition) is 1. The first kappa shape index (κ1) is 13.9. The Morgan fingerprint density at radius 2 is 1.57 bits per heavy atom. The highest BCUT2D eigenvalue weighted by Crippen LogP contribution is 2.43. The van der Waals surface area contributed by atoms with E-state index in [0.29, 0.717) is 5.56 Å². The standard InChI is InChI=1S/C16H14F3NO/c17-16(18,19)21-14-6-2-4-12(10-14)11-3-1-5-13(9-11)15(20)7-8-15/h1-6,9-10H,7-8,20H2. The molecule has 5 heteroatoms. The molecule has 2 aromatic carbocycles. The molecule has 110 valence electrons. The van der Waals surface area contributed by atoms with Crippen LogP contribution in [0.25, 0.3) is 11.1 Å². The maximum atomic E-state index is 12.3. The number of rotatable bonds is 3. The average Bonchev–Trinajstić information content (AvgIpc) is 3.17. The molecule has 0 heterocycles. The molecule has 0 aromatic heterocycles. The van der Waals surface area contributed by atoms with Crippen LogP contribution in [0.3, 0.4) is 0 Å². The molecule has 21 heavy (non-hydrogen) atoms. The molecule has 0 amide bonds. The summed E-state index contributed by atoms with van der Waals surface area (Å²) in [6, 6.07) is 13.6. The minimum atomic E-state index is -4.68. The number of hydrogen-bond acceptors (Lipinski definition) is 2. The van der Waals surface area contributed by atoms with Gasteiger partial charge in [0.25, 0.3) is 0 Å². The van der Waals surface area contributed by atoms with Crippen molar-refractivity contribution in [3.8, 4) is 16.9 Å². The zero-order valence-corrected chi connectivity index (χ0v) is 11.2. The predicted molar refractivity (Wildman–Crippen MR) is 73.7 cm³/mol. The molecule has 1 aliphatic rings. The summed E-state index contributed by atoms with van der Waals surface area (Å²) in [5, 5.41) is 0. The van der Waals surface area contributed by atoms with E-state index in [2.05, 4.69) is 4.74 Å². The third kappa shape index (κ3) is 3.19. The first-order valence-electron chi connectivity index (χ1n) is 6.61. The van der Waals surface area contributed by atoms with Gasteiger partial charge >= 0.3 is 6.36 Å². The zero-order chi connectivity index (χ0) is 15.1. The summed E-state index contributed by atoms with van der Waals surface area (Å²) < 4.78 is 40.7. The highest BCUT2D eigenvalue weighted by atomic mass is 19.4. The second-order valence-electron chi connectivity index (χ2n) is 5.31. The number of nitrogens with two attached hydrogens (primary N) is 1. The van der Waals surface area contributed by atoms with Crippen LogP contribution < -0.4 is 10.5 Å². The van der Waals surface area contributed by atoms with E-state index in [9.17, 15) is 13.2 Å². The van der Waals surface area contributed by atoms with E-state index in [1.54, 1.807) is 12.1 Å². The van der Waals surface area contributed by atoms with Gasteiger partial charge in [0.2, 0.25) is 0 Å². The van der Waals surface area contributed by atoms with Crippen molar-refractivity contribution in [2.45, 2.75) is 24.7 Å². The molecular weight excluding hydrogens is 279 g/mol. The van der Waals surface area contributed by atoms with Crippen molar-refractivity contribution in [1.29, 1.82) is 0 Å². The van der Waals surface area contributed by atoms with Crippen LogP contribution in [0, 0.1) is 0 Å². The molecule has 1 saturated carbocycles. The van der Waals surface area contributed by atoms with Gasteiger partial charge in [-0.25, -0.2) is 0 Å². The van der Waals surface area contributed by atoms with Crippen molar-refractivity contribution in [3.63, 3.8) is 0 Å². The van der Waals surface area contributed by atoms with Crippen LogP contribution in [0.15, 0.2) is 48.5 Å². The molecule has 0 atom stereocenters. The van der Waals surface area contributed by atoms with Crippen molar-refractivity contribution < 1.29 is 17.9 Å². The lowest BCUT2D eigenvalue weighted by atomic mass is 9.98. The Balaban J connectivity index is 1.92. The third-order valence-corrected chi connectivity index (χ3v) is 3.63. The highest BCUT2D eigenvalue weighted by molar-refractivity contribution is 5.66. The van der Waals surface area contributed by atoms with Crippen molar-refractivity contribution >= 4 is 0 Å². The van der Waals surface area contributed by atoms with Crippen LogP contribution >= 0.6 is 0 Å². The molecule has 2 aromatic rings. The molecule has 1 fully saturated rings. The van der Waals surface area contributed by atoms with E-state index in [1.165, 1.54) is 12.1 Å². The summed E-state index contributed by atoms with van der Waals surface area (Å²) in [5.74, 6) is -0.223. The Morgan fingerprint density at radius 3 is 2.19 bits per heavy atom. The van der Waals surface area contributed by atoms with Crippen molar-refractivity contribution in [1.82, 2.24) is 0 Å². The van der Waals surface area contributed by atoms with Crippen LogP contribution in [0.4, 0.5) is 13.2 Å². The minimum absolute atomic E-state index is 0.223. The number of halogens is 3. The summed E-state index contributed by atoms with van der Waals surface area (Å²) in [6.07, 6.45) is -2.81.